The fourth-order valence-electron chi connectivity index (χ4n) is 3.04. The highest BCUT2D eigenvalue weighted by Crippen LogP contribution is 2.29. The van der Waals surface area contributed by atoms with E-state index in [1.807, 2.05) is 58.9 Å². The Morgan fingerprint density at radius 1 is 1.14 bits per heavy atom. The molecule has 0 saturated carbocycles. The van der Waals surface area contributed by atoms with Gasteiger partial charge in [-0.1, -0.05) is 29.5 Å². The molecule has 1 aromatic heterocycles. The fourth-order valence-corrected chi connectivity index (χ4v) is 3.72. The molecule has 1 amide bonds. The summed E-state index contributed by atoms with van der Waals surface area (Å²) in [5, 5.41) is 11.1. The van der Waals surface area contributed by atoms with Gasteiger partial charge in [-0.15, -0.1) is 10.2 Å². The van der Waals surface area contributed by atoms with Crippen LogP contribution < -0.4 is 10.1 Å². The molecule has 0 spiro atoms. The average molecular weight is 412 g/mol. The van der Waals surface area contributed by atoms with Crippen molar-refractivity contribution < 1.29 is 13.9 Å². The highest BCUT2D eigenvalue weighted by Gasteiger charge is 2.20. The normalized spacial score (nSPS) is 11.9. The number of amides is 1. The SMILES string of the molecule is CCOc1ccc(-c2nnc(S[C@@H](C)C(=O)Nc3c(C)cc(C)cc3C)o2)cc1. The Bertz CT molecular complexity index is 976. The highest BCUT2D eigenvalue weighted by atomic mass is 32.2. The summed E-state index contributed by atoms with van der Waals surface area (Å²) in [6, 6.07) is 11.6. The van der Waals surface area contributed by atoms with Crippen molar-refractivity contribution in [2.75, 3.05) is 11.9 Å². The van der Waals surface area contributed by atoms with Crippen LogP contribution in [-0.2, 0) is 4.79 Å². The Kier molecular flexibility index (Phi) is 6.59. The van der Waals surface area contributed by atoms with E-state index in [4.69, 9.17) is 9.15 Å². The number of thioether (sulfide) groups is 1. The number of carbonyl (C=O) groups excluding carboxylic acids is 1. The Morgan fingerprint density at radius 3 is 2.41 bits per heavy atom. The first-order valence-corrected chi connectivity index (χ1v) is 10.4. The number of aryl methyl sites for hydroxylation is 3. The molecule has 0 unspecified atom stereocenters. The number of aromatic nitrogens is 2. The molecule has 0 aliphatic rings. The molecule has 0 saturated heterocycles. The van der Waals surface area contributed by atoms with Gasteiger partial charge in [0.25, 0.3) is 5.22 Å². The molecule has 1 atom stereocenters. The molecule has 0 aliphatic carbocycles. The van der Waals surface area contributed by atoms with Gasteiger partial charge in [-0.3, -0.25) is 4.79 Å². The van der Waals surface area contributed by atoms with Crippen molar-refractivity contribution in [2.24, 2.45) is 0 Å². The zero-order valence-corrected chi connectivity index (χ0v) is 18.1. The van der Waals surface area contributed by atoms with Gasteiger partial charge in [-0.25, -0.2) is 0 Å². The summed E-state index contributed by atoms with van der Waals surface area (Å²) in [4.78, 5) is 12.6. The number of nitrogens with zero attached hydrogens (tertiary/aromatic N) is 2. The third kappa shape index (κ3) is 5.17. The van der Waals surface area contributed by atoms with Crippen LogP contribution in [0.15, 0.2) is 46.0 Å². The second-order valence-electron chi connectivity index (χ2n) is 6.85. The van der Waals surface area contributed by atoms with E-state index in [1.54, 1.807) is 0 Å². The number of nitrogens with one attached hydrogen (secondary N) is 1. The molecule has 6 nitrogen and oxygen atoms in total. The van der Waals surface area contributed by atoms with Crippen molar-refractivity contribution in [1.82, 2.24) is 10.2 Å². The van der Waals surface area contributed by atoms with E-state index in [9.17, 15) is 4.79 Å². The molecule has 0 aliphatic heterocycles. The Labute approximate surface area is 175 Å². The standard InChI is InChI=1S/C22H25N3O3S/c1-6-27-18-9-7-17(8-10-18)21-24-25-22(28-21)29-16(5)20(26)23-19-14(3)11-13(2)12-15(19)4/h7-12,16H,6H2,1-5H3,(H,23,26)/t16-/m0/s1. The van der Waals surface area contributed by atoms with Gasteiger partial charge in [0, 0.05) is 11.3 Å². The molecule has 3 aromatic rings. The number of ether oxygens (including phenoxy) is 1. The predicted octanol–water partition coefficient (Wildman–Crippen LogP) is 5.18. The van der Waals surface area contributed by atoms with Crippen LogP contribution in [0, 0.1) is 20.8 Å². The molecule has 0 fully saturated rings. The van der Waals surface area contributed by atoms with E-state index in [2.05, 4.69) is 27.6 Å². The van der Waals surface area contributed by atoms with Crippen LogP contribution in [0.1, 0.15) is 30.5 Å². The largest absolute Gasteiger partial charge is 0.494 e. The van der Waals surface area contributed by atoms with E-state index in [0.717, 1.165) is 28.1 Å². The molecule has 0 radical (unpaired) electrons. The predicted molar refractivity (Wildman–Crippen MR) is 116 cm³/mol. The van der Waals surface area contributed by atoms with E-state index in [-0.39, 0.29) is 11.2 Å². The summed E-state index contributed by atoms with van der Waals surface area (Å²) in [6.45, 7) is 10.4. The maximum absolute atomic E-state index is 12.6. The second kappa shape index (κ2) is 9.13. The third-order valence-corrected chi connectivity index (χ3v) is 5.33. The third-order valence-electron chi connectivity index (χ3n) is 4.39. The Hall–Kier alpha value is -2.80. The van der Waals surface area contributed by atoms with Gasteiger partial charge < -0.3 is 14.5 Å². The van der Waals surface area contributed by atoms with Crippen LogP contribution in [0.3, 0.4) is 0 Å². The smallest absolute Gasteiger partial charge is 0.277 e. The molecule has 29 heavy (non-hydrogen) atoms. The van der Waals surface area contributed by atoms with Gasteiger partial charge in [0.2, 0.25) is 11.8 Å². The zero-order valence-electron chi connectivity index (χ0n) is 17.3. The van der Waals surface area contributed by atoms with Gasteiger partial charge in [-0.2, -0.15) is 0 Å². The van der Waals surface area contributed by atoms with Gasteiger partial charge in [0.05, 0.1) is 11.9 Å². The van der Waals surface area contributed by atoms with Crippen LogP contribution in [0.25, 0.3) is 11.5 Å². The summed E-state index contributed by atoms with van der Waals surface area (Å²) in [7, 11) is 0. The first-order chi connectivity index (χ1) is 13.9. The van der Waals surface area contributed by atoms with E-state index in [1.165, 1.54) is 17.3 Å². The summed E-state index contributed by atoms with van der Waals surface area (Å²) in [5.74, 6) is 1.09. The zero-order chi connectivity index (χ0) is 21.0. The van der Waals surface area contributed by atoms with Crippen LogP contribution in [-0.4, -0.2) is 28.0 Å². The molecule has 0 bridgehead atoms. The number of rotatable bonds is 7. The van der Waals surface area contributed by atoms with Gasteiger partial charge >= 0.3 is 0 Å². The first kappa shape index (κ1) is 20.9. The molecule has 3 rings (SSSR count). The van der Waals surface area contributed by atoms with Crippen molar-refractivity contribution in [2.45, 2.75) is 45.1 Å². The van der Waals surface area contributed by atoms with E-state index >= 15 is 0 Å². The number of carbonyl (C=O) groups is 1. The van der Waals surface area contributed by atoms with Crippen LogP contribution in [0.2, 0.25) is 0 Å². The maximum Gasteiger partial charge on any atom is 0.277 e. The van der Waals surface area contributed by atoms with Crippen LogP contribution >= 0.6 is 11.8 Å². The summed E-state index contributed by atoms with van der Waals surface area (Å²) in [6.07, 6.45) is 0. The minimum Gasteiger partial charge on any atom is -0.494 e. The van der Waals surface area contributed by atoms with E-state index < -0.39 is 0 Å². The molecule has 1 N–H and O–H groups in total. The summed E-state index contributed by atoms with van der Waals surface area (Å²) >= 11 is 1.24. The fraction of sp³-hybridized carbons (Fsp3) is 0.318. The molecule has 2 aromatic carbocycles. The number of anilines is 1. The molecule has 152 valence electrons. The lowest BCUT2D eigenvalue weighted by Gasteiger charge is -2.15. The molecular formula is C22H25N3O3S. The van der Waals surface area contributed by atoms with E-state index in [0.29, 0.717) is 17.7 Å². The van der Waals surface area contributed by atoms with Crippen molar-refractivity contribution >= 4 is 23.4 Å². The Balaban J connectivity index is 1.65. The van der Waals surface area contributed by atoms with Gasteiger partial charge in [0.1, 0.15) is 5.75 Å². The van der Waals surface area contributed by atoms with Crippen LogP contribution in [0.5, 0.6) is 5.75 Å². The van der Waals surface area contributed by atoms with Crippen molar-refractivity contribution in [1.29, 1.82) is 0 Å². The molecule has 7 heteroatoms. The monoisotopic (exact) mass is 411 g/mol. The lowest BCUT2D eigenvalue weighted by molar-refractivity contribution is -0.115. The summed E-state index contributed by atoms with van der Waals surface area (Å²) < 4.78 is 11.2. The van der Waals surface area contributed by atoms with Crippen molar-refractivity contribution in [3.05, 3.63) is 53.1 Å². The number of hydrogen-bond acceptors (Lipinski definition) is 6. The minimum atomic E-state index is -0.385. The first-order valence-electron chi connectivity index (χ1n) is 9.49. The second-order valence-corrected chi connectivity index (χ2v) is 8.15. The van der Waals surface area contributed by atoms with Crippen molar-refractivity contribution in [3.8, 4) is 17.2 Å². The lowest BCUT2D eigenvalue weighted by Crippen LogP contribution is -2.23. The van der Waals surface area contributed by atoms with Crippen molar-refractivity contribution in [3.63, 3.8) is 0 Å². The topological polar surface area (TPSA) is 77.2 Å². The molecule has 1 heterocycles. The van der Waals surface area contributed by atoms with Crippen LogP contribution in [0.4, 0.5) is 5.69 Å². The quantitative estimate of drug-likeness (QED) is 0.540. The number of benzene rings is 2. The summed E-state index contributed by atoms with van der Waals surface area (Å²) in [5.41, 5.74) is 4.92. The minimum absolute atomic E-state index is 0.106. The van der Waals surface area contributed by atoms with Gasteiger partial charge in [0.15, 0.2) is 0 Å². The lowest BCUT2D eigenvalue weighted by atomic mass is 10.1. The Morgan fingerprint density at radius 2 is 1.79 bits per heavy atom. The molecular weight excluding hydrogens is 386 g/mol. The highest BCUT2D eigenvalue weighted by molar-refractivity contribution is 8.00. The average Bonchev–Trinajstić information content (AvgIpc) is 3.13. The maximum atomic E-state index is 12.6. The number of hydrogen-bond donors (Lipinski definition) is 1. The van der Waals surface area contributed by atoms with Gasteiger partial charge in [-0.05, 0) is 70.0 Å².